The van der Waals surface area contributed by atoms with Crippen molar-refractivity contribution >= 4 is 33.3 Å². The van der Waals surface area contributed by atoms with E-state index in [0.717, 1.165) is 18.0 Å². The van der Waals surface area contributed by atoms with E-state index in [9.17, 15) is 4.39 Å². The molecule has 0 bridgehead atoms. The van der Waals surface area contributed by atoms with Gasteiger partial charge in [-0.25, -0.2) is 4.39 Å². The molecule has 1 fully saturated rings. The molecule has 0 aliphatic carbocycles. The fourth-order valence-electron chi connectivity index (χ4n) is 3.65. The van der Waals surface area contributed by atoms with E-state index in [1.165, 1.54) is 6.07 Å². The number of hydrogen-bond donors (Lipinski definition) is 1. The molecule has 1 aliphatic rings. The Morgan fingerprint density at radius 2 is 2.07 bits per heavy atom. The smallest absolute Gasteiger partial charge is 0.170 e. The molecule has 0 radical (unpaired) electrons. The van der Waals surface area contributed by atoms with E-state index in [1.54, 1.807) is 18.3 Å². The van der Waals surface area contributed by atoms with Crippen LogP contribution in [0.15, 0.2) is 63.6 Å². The van der Waals surface area contributed by atoms with Gasteiger partial charge in [-0.1, -0.05) is 35.8 Å². The normalized spacial score (nSPS) is 19.1. The van der Waals surface area contributed by atoms with Gasteiger partial charge in [0.1, 0.15) is 23.4 Å². The van der Waals surface area contributed by atoms with Crippen molar-refractivity contribution in [3.8, 4) is 11.3 Å². The highest BCUT2D eigenvalue weighted by Crippen LogP contribution is 2.41. The van der Waals surface area contributed by atoms with E-state index < -0.39 is 0 Å². The largest absolute Gasteiger partial charge is 0.459 e. The lowest BCUT2D eigenvalue weighted by atomic mass is 10.0. The highest BCUT2D eigenvalue weighted by Gasteiger charge is 2.41. The van der Waals surface area contributed by atoms with Crippen LogP contribution in [0.3, 0.4) is 0 Å². The average Bonchev–Trinajstić information content (AvgIpc) is 3.27. The van der Waals surface area contributed by atoms with Crippen LogP contribution in [-0.2, 0) is 0 Å². The zero-order valence-corrected chi connectivity index (χ0v) is 18.5. The second-order valence-corrected chi connectivity index (χ2v) is 8.80. The molecule has 1 aliphatic heterocycles. The van der Waals surface area contributed by atoms with Crippen molar-refractivity contribution in [1.82, 2.24) is 15.2 Å². The van der Waals surface area contributed by atoms with Crippen LogP contribution in [0.5, 0.6) is 0 Å². The number of furan rings is 1. The van der Waals surface area contributed by atoms with Crippen LogP contribution < -0.4 is 5.32 Å². The molecule has 29 heavy (non-hydrogen) atoms. The van der Waals surface area contributed by atoms with Crippen molar-refractivity contribution in [2.24, 2.45) is 5.92 Å². The summed E-state index contributed by atoms with van der Waals surface area (Å²) in [4.78, 5) is 6.66. The predicted molar refractivity (Wildman–Crippen MR) is 119 cm³/mol. The van der Waals surface area contributed by atoms with E-state index in [4.69, 9.17) is 16.6 Å². The van der Waals surface area contributed by atoms with Crippen LogP contribution in [0.2, 0.25) is 0 Å². The van der Waals surface area contributed by atoms with Crippen LogP contribution in [0, 0.1) is 11.7 Å². The molecule has 4 rings (SSSR count). The zero-order chi connectivity index (χ0) is 20.5. The predicted octanol–water partition coefficient (Wildman–Crippen LogP) is 5.87. The summed E-state index contributed by atoms with van der Waals surface area (Å²) in [6, 6.07) is 14.2. The van der Waals surface area contributed by atoms with E-state index >= 15 is 0 Å². The molecule has 1 N–H and O–H groups in total. The molecule has 0 spiro atoms. The topological polar surface area (TPSA) is 41.3 Å². The number of benzene rings is 1. The highest BCUT2D eigenvalue weighted by molar-refractivity contribution is 9.10. The molecule has 0 amide bonds. The minimum Gasteiger partial charge on any atom is -0.459 e. The SMILES string of the molecule is CC(C)CN1C(=S)N[C@@H](c2ccccn2)[C@H]1c1ccc(-c2ccc(Br)cc2F)o1. The van der Waals surface area contributed by atoms with E-state index in [1.807, 2.05) is 30.3 Å². The van der Waals surface area contributed by atoms with Crippen LogP contribution in [0.4, 0.5) is 4.39 Å². The first-order chi connectivity index (χ1) is 13.9. The lowest BCUT2D eigenvalue weighted by Gasteiger charge is -2.27. The lowest BCUT2D eigenvalue weighted by molar-refractivity contribution is 0.253. The quantitative estimate of drug-likeness (QED) is 0.469. The van der Waals surface area contributed by atoms with Crippen LogP contribution in [-0.4, -0.2) is 21.5 Å². The van der Waals surface area contributed by atoms with Crippen molar-refractivity contribution in [3.05, 3.63) is 76.5 Å². The van der Waals surface area contributed by atoms with Gasteiger partial charge in [-0.2, -0.15) is 0 Å². The van der Waals surface area contributed by atoms with Gasteiger partial charge in [0.2, 0.25) is 0 Å². The number of nitrogens with one attached hydrogen (secondary N) is 1. The van der Waals surface area contributed by atoms with Crippen molar-refractivity contribution in [1.29, 1.82) is 0 Å². The number of aromatic nitrogens is 1. The number of pyridine rings is 1. The van der Waals surface area contributed by atoms with E-state index in [0.29, 0.717) is 26.8 Å². The molecule has 3 heterocycles. The maximum atomic E-state index is 14.4. The third-order valence-corrected chi connectivity index (χ3v) is 5.72. The first-order valence-corrected chi connectivity index (χ1v) is 10.7. The van der Waals surface area contributed by atoms with Gasteiger partial charge in [0.05, 0.1) is 17.3 Å². The standard InChI is InChI=1S/C22H21BrFN3OS/c1-13(2)12-27-21(20(26-22(27)29)17-5-3-4-10-25-17)19-9-8-18(28-19)15-7-6-14(23)11-16(15)24/h3-11,13,20-21H,12H2,1-2H3,(H,26,29)/t20-,21+/m0/s1. The van der Waals surface area contributed by atoms with Gasteiger partial charge in [0, 0.05) is 17.2 Å². The Labute approximate surface area is 183 Å². The Balaban J connectivity index is 1.74. The van der Waals surface area contributed by atoms with Gasteiger partial charge in [-0.3, -0.25) is 4.98 Å². The number of halogens is 2. The van der Waals surface area contributed by atoms with Gasteiger partial charge in [0.15, 0.2) is 5.11 Å². The minimum absolute atomic E-state index is 0.142. The van der Waals surface area contributed by atoms with Crippen molar-refractivity contribution in [2.45, 2.75) is 25.9 Å². The third kappa shape index (κ3) is 4.07. The van der Waals surface area contributed by atoms with Crippen molar-refractivity contribution < 1.29 is 8.81 Å². The number of hydrogen-bond acceptors (Lipinski definition) is 3. The number of rotatable bonds is 5. The summed E-state index contributed by atoms with van der Waals surface area (Å²) in [5.74, 6) is 1.30. The molecule has 0 saturated carbocycles. The summed E-state index contributed by atoms with van der Waals surface area (Å²) in [5.41, 5.74) is 1.32. The molecular weight excluding hydrogens is 453 g/mol. The Morgan fingerprint density at radius 1 is 1.24 bits per heavy atom. The van der Waals surface area contributed by atoms with Gasteiger partial charge in [-0.15, -0.1) is 0 Å². The summed E-state index contributed by atoms with van der Waals surface area (Å²) in [7, 11) is 0. The molecule has 1 saturated heterocycles. The first-order valence-electron chi connectivity index (χ1n) is 9.47. The van der Waals surface area contributed by atoms with E-state index in [2.05, 4.69) is 45.0 Å². The van der Waals surface area contributed by atoms with Gasteiger partial charge in [-0.05, 0) is 60.6 Å². The van der Waals surface area contributed by atoms with Crippen LogP contribution in [0.25, 0.3) is 11.3 Å². The molecular formula is C22H21BrFN3OS. The second kappa shape index (κ2) is 8.24. The molecule has 1 aromatic carbocycles. The average molecular weight is 474 g/mol. The molecule has 150 valence electrons. The zero-order valence-electron chi connectivity index (χ0n) is 16.1. The number of thiocarbonyl (C=S) groups is 1. The van der Waals surface area contributed by atoms with Crippen molar-refractivity contribution in [3.63, 3.8) is 0 Å². The van der Waals surface area contributed by atoms with Crippen LogP contribution in [0.1, 0.15) is 37.4 Å². The van der Waals surface area contributed by atoms with Gasteiger partial charge < -0.3 is 14.6 Å². The molecule has 7 heteroatoms. The van der Waals surface area contributed by atoms with Crippen LogP contribution >= 0.6 is 28.1 Å². The monoisotopic (exact) mass is 473 g/mol. The summed E-state index contributed by atoms with van der Waals surface area (Å²) in [5, 5.41) is 4.07. The van der Waals surface area contributed by atoms with Gasteiger partial charge in [0.25, 0.3) is 0 Å². The first kappa shape index (κ1) is 20.0. The summed E-state index contributed by atoms with van der Waals surface area (Å²) in [6.45, 7) is 5.08. The second-order valence-electron chi connectivity index (χ2n) is 7.50. The maximum Gasteiger partial charge on any atom is 0.170 e. The Kier molecular flexibility index (Phi) is 5.69. The molecule has 3 aromatic rings. The summed E-state index contributed by atoms with van der Waals surface area (Å²) >= 11 is 8.92. The number of nitrogens with zero attached hydrogens (tertiary/aromatic N) is 2. The minimum atomic E-state index is -0.333. The van der Waals surface area contributed by atoms with Crippen molar-refractivity contribution in [2.75, 3.05) is 6.54 Å². The fraction of sp³-hybridized carbons (Fsp3) is 0.273. The highest BCUT2D eigenvalue weighted by atomic mass is 79.9. The lowest BCUT2D eigenvalue weighted by Crippen LogP contribution is -2.32. The Morgan fingerprint density at radius 3 is 2.76 bits per heavy atom. The Hall–Kier alpha value is -2.25. The summed E-state index contributed by atoms with van der Waals surface area (Å²) < 4.78 is 21.3. The molecule has 2 aromatic heterocycles. The molecule has 2 atom stereocenters. The molecule has 0 unspecified atom stereocenters. The summed E-state index contributed by atoms with van der Waals surface area (Å²) in [6.07, 6.45) is 1.77. The molecule has 4 nitrogen and oxygen atoms in total. The maximum absolute atomic E-state index is 14.4. The van der Waals surface area contributed by atoms with E-state index in [-0.39, 0.29) is 17.9 Å². The fourth-order valence-corrected chi connectivity index (χ4v) is 4.30. The third-order valence-electron chi connectivity index (χ3n) is 4.87. The van der Waals surface area contributed by atoms with Gasteiger partial charge >= 0.3 is 0 Å². The Bertz CT molecular complexity index is 1020.